The zero-order valence-corrected chi connectivity index (χ0v) is 6.89. The SMILES string of the molecule is C=CN=C(N)/C(C#N)=C(\C)Cl. The Morgan fingerprint density at radius 2 is 2.36 bits per heavy atom. The average molecular weight is 170 g/mol. The van der Waals surface area contributed by atoms with Crippen LogP contribution in [0, 0.1) is 11.3 Å². The van der Waals surface area contributed by atoms with E-state index >= 15 is 0 Å². The van der Waals surface area contributed by atoms with E-state index in [9.17, 15) is 0 Å². The number of rotatable bonds is 2. The summed E-state index contributed by atoms with van der Waals surface area (Å²) in [7, 11) is 0. The molecular formula is C7H8ClN3. The quantitative estimate of drug-likeness (QED) is 0.387. The fourth-order valence-electron chi connectivity index (χ4n) is 0.474. The Bertz CT molecular complexity index is 253. The first-order valence-electron chi connectivity index (χ1n) is 2.84. The van der Waals surface area contributed by atoms with Gasteiger partial charge in [-0.3, -0.25) is 0 Å². The van der Waals surface area contributed by atoms with Crippen LogP contribution in [-0.4, -0.2) is 5.84 Å². The molecule has 0 unspecified atom stereocenters. The van der Waals surface area contributed by atoms with E-state index in [4.69, 9.17) is 22.6 Å². The minimum Gasteiger partial charge on any atom is -0.383 e. The topological polar surface area (TPSA) is 62.2 Å². The molecule has 0 saturated carbocycles. The first kappa shape index (κ1) is 9.73. The van der Waals surface area contributed by atoms with Gasteiger partial charge in [0.2, 0.25) is 0 Å². The van der Waals surface area contributed by atoms with Crippen molar-refractivity contribution in [3.8, 4) is 6.07 Å². The van der Waals surface area contributed by atoms with Crippen molar-refractivity contribution >= 4 is 17.4 Å². The van der Waals surface area contributed by atoms with Crippen molar-refractivity contribution in [1.29, 1.82) is 5.26 Å². The highest BCUT2D eigenvalue weighted by molar-refractivity contribution is 6.32. The Hall–Kier alpha value is -1.27. The van der Waals surface area contributed by atoms with E-state index in [-0.39, 0.29) is 11.4 Å². The van der Waals surface area contributed by atoms with Gasteiger partial charge in [0, 0.05) is 11.2 Å². The molecule has 0 spiro atoms. The monoisotopic (exact) mass is 169 g/mol. The van der Waals surface area contributed by atoms with E-state index < -0.39 is 0 Å². The summed E-state index contributed by atoms with van der Waals surface area (Å²) in [6, 6.07) is 1.83. The Kier molecular flexibility index (Phi) is 4.01. The highest BCUT2D eigenvalue weighted by atomic mass is 35.5. The van der Waals surface area contributed by atoms with Gasteiger partial charge in [-0.1, -0.05) is 18.2 Å². The fourth-order valence-corrected chi connectivity index (χ4v) is 0.613. The number of nitrogens with two attached hydrogens (primary N) is 1. The van der Waals surface area contributed by atoms with Crippen LogP contribution in [0.25, 0.3) is 0 Å². The molecule has 0 aliphatic carbocycles. The van der Waals surface area contributed by atoms with Crippen molar-refractivity contribution in [2.75, 3.05) is 0 Å². The smallest absolute Gasteiger partial charge is 0.142 e. The maximum absolute atomic E-state index is 8.51. The van der Waals surface area contributed by atoms with Crippen LogP contribution in [0.2, 0.25) is 0 Å². The van der Waals surface area contributed by atoms with Crippen LogP contribution in [0.1, 0.15) is 6.92 Å². The second kappa shape index (κ2) is 4.53. The summed E-state index contributed by atoms with van der Waals surface area (Å²) in [5.41, 5.74) is 5.54. The third kappa shape index (κ3) is 2.87. The molecule has 0 radical (unpaired) electrons. The summed E-state index contributed by atoms with van der Waals surface area (Å²) in [6.45, 7) is 4.91. The van der Waals surface area contributed by atoms with Crippen LogP contribution in [0.5, 0.6) is 0 Å². The zero-order valence-electron chi connectivity index (χ0n) is 6.13. The van der Waals surface area contributed by atoms with E-state index in [1.54, 1.807) is 6.92 Å². The maximum Gasteiger partial charge on any atom is 0.142 e. The normalized spacial score (nSPS) is 13.4. The third-order valence-corrected chi connectivity index (χ3v) is 1.13. The average Bonchev–Trinajstić information content (AvgIpc) is 1.88. The van der Waals surface area contributed by atoms with Crippen LogP contribution < -0.4 is 5.73 Å². The molecule has 58 valence electrons. The second-order valence-electron chi connectivity index (χ2n) is 1.72. The summed E-state index contributed by atoms with van der Waals surface area (Å²) in [5.74, 6) is 0.0926. The van der Waals surface area contributed by atoms with Gasteiger partial charge < -0.3 is 5.73 Å². The number of allylic oxidation sites excluding steroid dienone is 1. The molecule has 0 fully saturated rings. The number of nitrogens with zero attached hydrogens (tertiary/aromatic N) is 2. The molecule has 0 atom stereocenters. The molecule has 0 aromatic heterocycles. The Labute approximate surface area is 70.5 Å². The lowest BCUT2D eigenvalue weighted by Crippen LogP contribution is -2.13. The van der Waals surface area contributed by atoms with Crippen LogP contribution >= 0.6 is 11.6 Å². The Morgan fingerprint density at radius 3 is 2.64 bits per heavy atom. The molecule has 0 amide bonds. The van der Waals surface area contributed by atoms with Crippen LogP contribution in [0.4, 0.5) is 0 Å². The van der Waals surface area contributed by atoms with Gasteiger partial charge in [0.1, 0.15) is 17.5 Å². The third-order valence-electron chi connectivity index (χ3n) is 0.943. The lowest BCUT2D eigenvalue weighted by atomic mass is 10.2. The standard InChI is InChI=1S/C7H8ClN3/c1-3-11-7(10)6(4-9)5(2)8/h3H,1H2,2H3,(H2,10,11)/b6-5+. The molecule has 4 heteroatoms. The molecule has 2 N–H and O–H groups in total. The summed E-state index contributed by atoms with van der Waals surface area (Å²) in [4.78, 5) is 3.61. The molecule has 0 aromatic rings. The Morgan fingerprint density at radius 1 is 1.82 bits per heavy atom. The summed E-state index contributed by atoms with van der Waals surface area (Å²) >= 11 is 5.54. The van der Waals surface area contributed by atoms with Gasteiger partial charge in [-0.2, -0.15) is 5.26 Å². The van der Waals surface area contributed by atoms with Crippen LogP contribution in [0.15, 0.2) is 28.4 Å². The number of halogens is 1. The molecule has 0 heterocycles. The predicted octanol–water partition coefficient (Wildman–Crippen LogP) is 1.52. The first-order chi connectivity index (χ1) is 5.13. The van der Waals surface area contributed by atoms with Crippen molar-refractivity contribution in [1.82, 2.24) is 0 Å². The molecule has 0 saturated heterocycles. The van der Waals surface area contributed by atoms with Gasteiger partial charge in [-0.25, -0.2) is 4.99 Å². The Balaban J connectivity index is 4.86. The number of nitriles is 1. The largest absolute Gasteiger partial charge is 0.383 e. The van der Waals surface area contributed by atoms with Crippen molar-refractivity contribution < 1.29 is 0 Å². The number of hydrogen-bond donors (Lipinski definition) is 1. The minimum atomic E-state index is 0.0926. The molecule has 0 aromatic carbocycles. The van der Waals surface area contributed by atoms with Crippen LogP contribution in [-0.2, 0) is 0 Å². The molecule has 0 aliphatic rings. The fraction of sp³-hybridized carbons (Fsp3) is 0.143. The first-order valence-corrected chi connectivity index (χ1v) is 3.22. The van der Waals surface area contributed by atoms with E-state index in [2.05, 4.69) is 11.6 Å². The summed E-state index contributed by atoms with van der Waals surface area (Å²) in [5, 5.41) is 8.84. The van der Waals surface area contributed by atoms with E-state index in [0.29, 0.717) is 5.03 Å². The van der Waals surface area contributed by atoms with Crippen molar-refractivity contribution in [2.45, 2.75) is 6.92 Å². The van der Waals surface area contributed by atoms with Crippen molar-refractivity contribution in [3.63, 3.8) is 0 Å². The van der Waals surface area contributed by atoms with Gasteiger partial charge >= 0.3 is 0 Å². The van der Waals surface area contributed by atoms with E-state index in [1.807, 2.05) is 6.07 Å². The van der Waals surface area contributed by atoms with E-state index in [1.165, 1.54) is 6.20 Å². The lowest BCUT2D eigenvalue weighted by molar-refractivity contribution is 1.43. The summed E-state index contributed by atoms with van der Waals surface area (Å²) < 4.78 is 0. The highest BCUT2D eigenvalue weighted by Crippen LogP contribution is 2.07. The van der Waals surface area contributed by atoms with Gasteiger partial charge in [0.25, 0.3) is 0 Å². The van der Waals surface area contributed by atoms with Gasteiger partial charge in [-0.15, -0.1) is 0 Å². The highest BCUT2D eigenvalue weighted by Gasteiger charge is 2.03. The predicted molar refractivity (Wildman–Crippen MR) is 46.0 cm³/mol. The maximum atomic E-state index is 8.51. The van der Waals surface area contributed by atoms with Crippen molar-refractivity contribution in [2.24, 2.45) is 10.7 Å². The molecule has 3 nitrogen and oxygen atoms in total. The lowest BCUT2D eigenvalue weighted by Gasteiger charge is -1.95. The van der Waals surface area contributed by atoms with Gasteiger partial charge in [0.05, 0.1) is 0 Å². The molecule has 11 heavy (non-hydrogen) atoms. The summed E-state index contributed by atoms with van der Waals surface area (Å²) in [6.07, 6.45) is 1.26. The molecular weight excluding hydrogens is 162 g/mol. The van der Waals surface area contributed by atoms with E-state index in [0.717, 1.165) is 0 Å². The molecule has 0 bridgehead atoms. The number of hydrogen-bond acceptors (Lipinski definition) is 2. The molecule has 0 aliphatic heterocycles. The number of aliphatic imine (C=N–C) groups is 1. The van der Waals surface area contributed by atoms with Gasteiger partial charge in [0.15, 0.2) is 0 Å². The molecule has 0 rings (SSSR count). The minimum absolute atomic E-state index is 0.0926. The van der Waals surface area contributed by atoms with Crippen molar-refractivity contribution in [3.05, 3.63) is 23.4 Å². The second-order valence-corrected chi connectivity index (χ2v) is 2.28. The van der Waals surface area contributed by atoms with Gasteiger partial charge in [-0.05, 0) is 6.92 Å². The number of amidine groups is 1. The van der Waals surface area contributed by atoms with Crippen LogP contribution in [0.3, 0.4) is 0 Å². The zero-order chi connectivity index (χ0) is 8.85.